The first-order chi connectivity index (χ1) is 14.1. The lowest BCUT2D eigenvalue weighted by Crippen LogP contribution is -2.49. The molecule has 1 aromatic carbocycles. The number of nitrogens with zero attached hydrogens (tertiary/aromatic N) is 4. The van der Waals surface area contributed by atoms with E-state index in [2.05, 4.69) is 15.0 Å². The number of H-pyrrole nitrogens is 1. The molecule has 1 saturated heterocycles. The maximum absolute atomic E-state index is 12.6. The monoisotopic (exact) mass is 405 g/mol. The second-order valence-electron chi connectivity index (χ2n) is 7.27. The number of hydrogen-bond donors (Lipinski definition) is 2. The Morgan fingerprint density at radius 2 is 2.14 bits per heavy atom. The molecule has 0 unspecified atom stereocenters. The van der Waals surface area contributed by atoms with Gasteiger partial charge in [0.05, 0.1) is 11.3 Å². The number of carbonyl (C=O) groups excluding carboxylic acids is 1. The van der Waals surface area contributed by atoms with E-state index in [1.54, 1.807) is 24.3 Å². The van der Waals surface area contributed by atoms with Gasteiger partial charge in [-0.15, -0.1) is 11.3 Å². The molecule has 0 aliphatic carbocycles. The average molecular weight is 405 g/mol. The third kappa shape index (κ3) is 2.92. The Hall–Kier alpha value is -3.10. The van der Waals surface area contributed by atoms with Crippen molar-refractivity contribution in [1.29, 1.82) is 0 Å². The first-order valence-corrected chi connectivity index (χ1v) is 10.3. The number of aliphatic hydroxyl groups is 1. The van der Waals surface area contributed by atoms with Crippen LogP contribution in [0.2, 0.25) is 0 Å². The first kappa shape index (κ1) is 18.0. The van der Waals surface area contributed by atoms with E-state index in [-0.39, 0.29) is 5.91 Å². The van der Waals surface area contributed by atoms with Crippen molar-refractivity contribution in [3.63, 3.8) is 0 Å². The lowest BCUT2D eigenvalue weighted by atomic mass is 9.84. The molecule has 4 aromatic rings. The van der Waals surface area contributed by atoms with Crippen molar-refractivity contribution in [3.8, 4) is 21.8 Å². The number of fused-ring (bicyclic) bond motifs is 1. The molecule has 3 aromatic heterocycles. The predicted octanol–water partition coefficient (Wildman–Crippen LogP) is 3.19. The van der Waals surface area contributed by atoms with E-state index in [9.17, 15) is 9.90 Å². The van der Waals surface area contributed by atoms with Crippen molar-refractivity contribution < 1.29 is 9.90 Å². The van der Waals surface area contributed by atoms with E-state index in [0.29, 0.717) is 18.5 Å². The second-order valence-corrected chi connectivity index (χ2v) is 8.12. The van der Waals surface area contributed by atoms with Gasteiger partial charge in [0.1, 0.15) is 10.5 Å². The summed E-state index contributed by atoms with van der Waals surface area (Å²) in [7, 11) is 1.73. The fourth-order valence-corrected chi connectivity index (χ4v) is 4.69. The number of nitrogens with one attached hydrogen (secondary N) is 1. The fraction of sp³-hybridized carbons (Fsp3) is 0.238. The van der Waals surface area contributed by atoms with E-state index in [0.717, 1.165) is 39.4 Å². The minimum atomic E-state index is -1.48. The van der Waals surface area contributed by atoms with Crippen LogP contribution in [0.1, 0.15) is 18.4 Å². The highest BCUT2D eigenvalue weighted by Crippen LogP contribution is 2.36. The lowest BCUT2D eigenvalue weighted by molar-refractivity contribution is -0.156. The molecule has 0 bridgehead atoms. The van der Waals surface area contributed by atoms with Gasteiger partial charge in [0.25, 0.3) is 5.91 Å². The topological polar surface area (TPSA) is 95.0 Å². The van der Waals surface area contributed by atoms with Gasteiger partial charge in [-0.1, -0.05) is 18.2 Å². The quantitative estimate of drug-likeness (QED) is 0.546. The molecule has 0 spiro atoms. The summed E-state index contributed by atoms with van der Waals surface area (Å²) >= 11 is 1.52. The van der Waals surface area contributed by atoms with Crippen molar-refractivity contribution in [3.05, 3.63) is 53.8 Å². The maximum atomic E-state index is 12.6. The number of hydrogen-bond acceptors (Lipinski definition) is 6. The van der Waals surface area contributed by atoms with Gasteiger partial charge in [0, 0.05) is 43.1 Å². The van der Waals surface area contributed by atoms with Gasteiger partial charge in [-0.3, -0.25) is 9.78 Å². The molecule has 0 radical (unpaired) electrons. The highest BCUT2D eigenvalue weighted by Gasteiger charge is 2.42. The molecule has 1 aliphatic heterocycles. The number of piperidine rings is 1. The van der Waals surface area contributed by atoms with Gasteiger partial charge in [-0.05, 0) is 24.5 Å². The summed E-state index contributed by atoms with van der Waals surface area (Å²) in [5.41, 5.74) is 3.21. The highest BCUT2D eigenvalue weighted by molar-refractivity contribution is 7.13. The molecule has 1 atom stereocenters. The van der Waals surface area contributed by atoms with Crippen molar-refractivity contribution >= 4 is 28.4 Å². The molecule has 1 amide bonds. The summed E-state index contributed by atoms with van der Waals surface area (Å²) in [4.78, 5) is 30.8. The summed E-state index contributed by atoms with van der Waals surface area (Å²) in [5, 5.41) is 13.9. The largest absolute Gasteiger partial charge is 0.375 e. The van der Waals surface area contributed by atoms with E-state index in [1.165, 1.54) is 11.3 Å². The van der Waals surface area contributed by atoms with Gasteiger partial charge in [0.15, 0.2) is 11.2 Å². The van der Waals surface area contributed by atoms with Crippen LogP contribution in [0.25, 0.3) is 33.0 Å². The van der Waals surface area contributed by atoms with Crippen LogP contribution in [-0.2, 0) is 10.4 Å². The molecule has 2 N–H and O–H groups in total. The summed E-state index contributed by atoms with van der Waals surface area (Å²) in [6.07, 6.45) is 6.37. The van der Waals surface area contributed by atoms with E-state index < -0.39 is 5.60 Å². The Labute approximate surface area is 171 Å². The minimum absolute atomic E-state index is 0.253. The van der Waals surface area contributed by atoms with Crippen LogP contribution in [0, 0.1) is 0 Å². The standard InChI is InChI=1S/C21H19N5O2S/c1-26-9-3-6-21(28,20(26)27)14-5-2-4-13(10-14)16-12-29-19(25-16)15-11-24-18-17(15)22-7-8-23-18/h2,4-5,7-8,10-12,28H,3,6,9H2,1H3,(H,23,24)/t21-/m0/s1. The average Bonchev–Trinajstić information content (AvgIpc) is 3.39. The molecule has 5 rings (SSSR count). The van der Waals surface area contributed by atoms with Crippen LogP contribution in [0.4, 0.5) is 0 Å². The van der Waals surface area contributed by atoms with Gasteiger partial charge in [-0.25, -0.2) is 9.97 Å². The van der Waals surface area contributed by atoms with Crippen LogP contribution >= 0.6 is 11.3 Å². The highest BCUT2D eigenvalue weighted by atomic mass is 32.1. The molecular weight excluding hydrogens is 386 g/mol. The summed E-state index contributed by atoms with van der Waals surface area (Å²) in [6, 6.07) is 7.48. The van der Waals surface area contributed by atoms with Gasteiger partial charge >= 0.3 is 0 Å². The van der Waals surface area contributed by atoms with Gasteiger partial charge in [-0.2, -0.15) is 0 Å². The zero-order valence-corrected chi connectivity index (χ0v) is 16.6. The number of benzene rings is 1. The van der Waals surface area contributed by atoms with Crippen molar-refractivity contribution in [2.75, 3.05) is 13.6 Å². The van der Waals surface area contributed by atoms with E-state index >= 15 is 0 Å². The Morgan fingerprint density at radius 3 is 3.03 bits per heavy atom. The SMILES string of the molecule is CN1CCC[C@](O)(c2cccc(-c3csc(-c4c[nH]c5nccnc45)n3)c2)C1=O. The summed E-state index contributed by atoms with van der Waals surface area (Å²) in [5.74, 6) is -0.253. The molecule has 146 valence electrons. The van der Waals surface area contributed by atoms with Crippen LogP contribution in [0.3, 0.4) is 0 Å². The van der Waals surface area contributed by atoms with Crippen LogP contribution in [0.5, 0.6) is 0 Å². The smallest absolute Gasteiger partial charge is 0.258 e. The van der Waals surface area contributed by atoms with Crippen LogP contribution in [0.15, 0.2) is 48.2 Å². The number of likely N-dealkylation sites (N-methyl/N-ethyl adjacent to an activating group) is 1. The predicted molar refractivity (Wildman–Crippen MR) is 111 cm³/mol. The third-order valence-corrected chi connectivity index (χ3v) is 6.29. The number of thiazole rings is 1. The second kappa shape index (κ2) is 6.75. The minimum Gasteiger partial charge on any atom is -0.375 e. The van der Waals surface area contributed by atoms with Crippen molar-refractivity contribution in [1.82, 2.24) is 24.8 Å². The molecule has 0 saturated carbocycles. The molecular formula is C21H19N5O2S. The number of rotatable bonds is 3. The zero-order chi connectivity index (χ0) is 20.0. The van der Waals surface area contributed by atoms with Gasteiger partial charge < -0.3 is 15.0 Å². The number of aromatic amines is 1. The molecule has 1 aliphatic rings. The first-order valence-electron chi connectivity index (χ1n) is 9.39. The number of aromatic nitrogens is 4. The number of amides is 1. The van der Waals surface area contributed by atoms with Crippen LogP contribution < -0.4 is 0 Å². The normalized spacial score (nSPS) is 19.8. The lowest BCUT2D eigenvalue weighted by Gasteiger charge is -2.36. The summed E-state index contributed by atoms with van der Waals surface area (Å²) in [6.45, 7) is 0.670. The Balaban J connectivity index is 1.52. The van der Waals surface area contributed by atoms with Crippen molar-refractivity contribution in [2.24, 2.45) is 0 Å². The van der Waals surface area contributed by atoms with Crippen LogP contribution in [-0.4, -0.2) is 49.4 Å². The maximum Gasteiger partial charge on any atom is 0.258 e. The van der Waals surface area contributed by atoms with E-state index in [4.69, 9.17) is 4.98 Å². The zero-order valence-electron chi connectivity index (χ0n) is 15.8. The Bertz CT molecular complexity index is 1220. The number of carbonyl (C=O) groups is 1. The molecule has 4 heterocycles. The fourth-order valence-electron chi connectivity index (χ4n) is 3.84. The number of likely N-dealkylation sites (tertiary alicyclic amines) is 1. The Kier molecular flexibility index (Phi) is 4.18. The Morgan fingerprint density at radius 1 is 1.28 bits per heavy atom. The third-order valence-electron chi connectivity index (χ3n) is 5.41. The van der Waals surface area contributed by atoms with Crippen molar-refractivity contribution in [2.45, 2.75) is 18.4 Å². The van der Waals surface area contributed by atoms with Gasteiger partial charge in [0.2, 0.25) is 0 Å². The molecule has 7 nitrogen and oxygen atoms in total. The van der Waals surface area contributed by atoms with E-state index in [1.807, 2.05) is 35.8 Å². The molecule has 1 fully saturated rings. The molecule has 29 heavy (non-hydrogen) atoms. The molecule has 8 heteroatoms. The summed E-state index contributed by atoms with van der Waals surface area (Å²) < 4.78 is 0.